The van der Waals surface area contributed by atoms with Gasteiger partial charge >= 0.3 is 5.97 Å². The van der Waals surface area contributed by atoms with Crippen LogP contribution in [-0.2, 0) is 11.2 Å². The molecule has 0 aliphatic heterocycles. The van der Waals surface area contributed by atoms with E-state index in [2.05, 4.69) is 10.3 Å². The number of para-hydroxylation sites is 1. The molecular weight excluding hydrogens is 545 g/mol. The maximum absolute atomic E-state index is 14.0. The third kappa shape index (κ3) is 6.81. The zero-order chi connectivity index (χ0) is 30.3. The van der Waals surface area contributed by atoms with Crippen LogP contribution >= 0.6 is 0 Å². The smallest absolute Gasteiger partial charge is 0.305 e. The van der Waals surface area contributed by atoms with Gasteiger partial charge in [-0.25, -0.2) is 4.39 Å². The molecule has 1 unspecified atom stereocenters. The number of H-pyrrole nitrogens is 1. The van der Waals surface area contributed by atoms with Crippen LogP contribution < -0.4 is 5.32 Å². The van der Waals surface area contributed by atoms with Crippen molar-refractivity contribution in [1.82, 2.24) is 15.2 Å². The predicted molar refractivity (Wildman–Crippen MR) is 164 cm³/mol. The molecule has 0 fully saturated rings. The average molecular weight is 578 g/mol. The number of hydrogen-bond acceptors (Lipinski definition) is 3. The minimum Gasteiger partial charge on any atom is -0.481 e. The number of aromatic amines is 1. The third-order valence-corrected chi connectivity index (χ3v) is 7.55. The van der Waals surface area contributed by atoms with Gasteiger partial charge in [0.2, 0.25) is 0 Å². The number of hydrogen-bond donors (Lipinski definition) is 3. The van der Waals surface area contributed by atoms with Gasteiger partial charge in [0, 0.05) is 41.3 Å². The SMILES string of the molecule is CC(NC(=O)c1ccccc1-c1ccccc1C(=O)N(CCC(=O)O)CCc1c[nH]c2ccccc12)c1ccc(F)cc1. The van der Waals surface area contributed by atoms with Crippen molar-refractivity contribution in [3.8, 4) is 11.1 Å². The second-order valence-electron chi connectivity index (χ2n) is 10.4. The van der Waals surface area contributed by atoms with E-state index in [4.69, 9.17) is 0 Å². The number of carbonyl (C=O) groups is 3. The number of amides is 2. The van der Waals surface area contributed by atoms with E-state index in [-0.39, 0.29) is 36.6 Å². The number of nitrogens with zero attached hydrogens (tertiary/aromatic N) is 1. The Morgan fingerprint density at radius 2 is 1.47 bits per heavy atom. The molecule has 4 aromatic carbocycles. The summed E-state index contributed by atoms with van der Waals surface area (Å²) in [6.45, 7) is 2.18. The summed E-state index contributed by atoms with van der Waals surface area (Å²) in [6.07, 6.45) is 2.26. The van der Waals surface area contributed by atoms with Crippen molar-refractivity contribution in [1.29, 1.82) is 0 Å². The number of fused-ring (bicyclic) bond motifs is 1. The van der Waals surface area contributed by atoms with Crippen LogP contribution in [0, 0.1) is 5.82 Å². The van der Waals surface area contributed by atoms with Crippen LogP contribution in [0.1, 0.15) is 51.2 Å². The molecule has 1 aromatic heterocycles. The minimum absolute atomic E-state index is 0.0438. The molecule has 0 saturated carbocycles. The topological polar surface area (TPSA) is 102 Å². The van der Waals surface area contributed by atoms with Crippen LogP contribution in [0.3, 0.4) is 0 Å². The first-order valence-corrected chi connectivity index (χ1v) is 14.1. The van der Waals surface area contributed by atoms with Crippen molar-refractivity contribution >= 4 is 28.7 Å². The standard InChI is InChI=1S/C35H32FN3O4/c1-23(24-14-16-26(36)17-15-24)38-34(42)30-11-4-2-9-28(30)29-10-3-5-12-31(29)35(43)39(21-19-33(40)41)20-18-25-22-37-32-13-7-6-8-27(25)32/h2-17,22-23,37H,18-21H2,1H3,(H,38,42)(H,40,41). The highest BCUT2D eigenvalue weighted by atomic mass is 19.1. The van der Waals surface area contributed by atoms with Crippen LogP contribution in [0.15, 0.2) is 103 Å². The van der Waals surface area contributed by atoms with Gasteiger partial charge in [-0.1, -0.05) is 66.7 Å². The fourth-order valence-corrected chi connectivity index (χ4v) is 5.24. The van der Waals surface area contributed by atoms with Gasteiger partial charge in [0.25, 0.3) is 11.8 Å². The molecule has 8 heteroatoms. The minimum atomic E-state index is -0.990. The van der Waals surface area contributed by atoms with Gasteiger partial charge in [-0.3, -0.25) is 14.4 Å². The number of nitrogens with one attached hydrogen (secondary N) is 2. The first-order valence-electron chi connectivity index (χ1n) is 14.1. The highest BCUT2D eigenvalue weighted by Gasteiger charge is 2.23. The normalized spacial score (nSPS) is 11.7. The lowest BCUT2D eigenvalue weighted by molar-refractivity contribution is -0.137. The van der Waals surface area contributed by atoms with E-state index < -0.39 is 5.97 Å². The van der Waals surface area contributed by atoms with E-state index in [0.29, 0.717) is 35.2 Å². The zero-order valence-electron chi connectivity index (χ0n) is 23.7. The fraction of sp³-hybridized carbons (Fsp3) is 0.171. The quantitative estimate of drug-likeness (QED) is 0.164. The monoisotopic (exact) mass is 577 g/mol. The number of carboxylic acid groups (broad SMARTS) is 1. The maximum Gasteiger partial charge on any atom is 0.305 e. The van der Waals surface area contributed by atoms with E-state index in [9.17, 15) is 23.9 Å². The van der Waals surface area contributed by atoms with E-state index in [1.807, 2.05) is 37.4 Å². The van der Waals surface area contributed by atoms with Gasteiger partial charge in [-0.15, -0.1) is 0 Å². The van der Waals surface area contributed by atoms with Gasteiger partial charge in [0.05, 0.1) is 12.5 Å². The second kappa shape index (κ2) is 13.2. The Morgan fingerprint density at radius 1 is 0.837 bits per heavy atom. The average Bonchev–Trinajstić information content (AvgIpc) is 3.44. The second-order valence-corrected chi connectivity index (χ2v) is 10.4. The molecule has 0 radical (unpaired) electrons. The Kier molecular flexibility index (Phi) is 8.96. The summed E-state index contributed by atoms with van der Waals surface area (Å²) in [5, 5.41) is 13.4. The van der Waals surface area contributed by atoms with Gasteiger partial charge < -0.3 is 20.3 Å². The van der Waals surface area contributed by atoms with Crippen molar-refractivity contribution < 1.29 is 23.9 Å². The lowest BCUT2D eigenvalue weighted by Gasteiger charge is -2.24. The van der Waals surface area contributed by atoms with E-state index >= 15 is 0 Å². The Labute approximate surface area is 249 Å². The molecule has 218 valence electrons. The molecule has 1 heterocycles. The number of carboxylic acids is 1. The molecule has 0 saturated heterocycles. The van der Waals surface area contributed by atoms with Crippen molar-refractivity contribution in [2.24, 2.45) is 0 Å². The highest BCUT2D eigenvalue weighted by Crippen LogP contribution is 2.29. The van der Waals surface area contributed by atoms with Crippen molar-refractivity contribution in [2.45, 2.75) is 25.8 Å². The molecule has 0 aliphatic rings. The van der Waals surface area contributed by atoms with Crippen LogP contribution in [0.25, 0.3) is 22.0 Å². The van der Waals surface area contributed by atoms with Crippen LogP contribution in [0.4, 0.5) is 4.39 Å². The van der Waals surface area contributed by atoms with Crippen LogP contribution in [0.5, 0.6) is 0 Å². The Hall–Kier alpha value is -5.24. The van der Waals surface area contributed by atoms with Crippen molar-refractivity contribution in [3.05, 3.63) is 131 Å². The number of aromatic nitrogens is 1. The van der Waals surface area contributed by atoms with Gasteiger partial charge in [-0.2, -0.15) is 0 Å². The van der Waals surface area contributed by atoms with Crippen LogP contribution in [0.2, 0.25) is 0 Å². The summed E-state index contributed by atoms with van der Waals surface area (Å²) in [7, 11) is 0. The summed E-state index contributed by atoms with van der Waals surface area (Å²) < 4.78 is 13.4. The molecule has 5 rings (SSSR count). The first kappa shape index (κ1) is 29.3. The number of rotatable bonds is 11. The molecule has 3 N–H and O–H groups in total. The van der Waals surface area contributed by atoms with E-state index in [1.165, 1.54) is 12.1 Å². The fourth-order valence-electron chi connectivity index (χ4n) is 5.24. The Balaban J connectivity index is 1.42. The molecule has 1 atom stereocenters. The molecule has 0 bridgehead atoms. The Bertz CT molecular complexity index is 1760. The molecule has 2 amide bonds. The molecule has 7 nitrogen and oxygen atoms in total. The lowest BCUT2D eigenvalue weighted by atomic mass is 9.94. The van der Waals surface area contributed by atoms with Crippen molar-refractivity contribution in [2.75, 3.05) is 13.1 Å². The largest absolute Gasteiger partial charge is 0.481 e. The number of aliphatic carboxylic acids is 1. The zero-order valence-corrected chi connectivity index (χ0v) is 23.7. The third-order valence-electron chi connectivity index (χ3n) is 7.55. The van der Waals surface area contributed by atoms with Crippen molar-refractivity contribution in [3.63, 3.8) is 0 Å². The molecule has 0 spiro atoms. The number of carbonyl (C=O) groups excluding carboxylic acids is 2. The predicted octanol–water partition coefficient (Wildman–Crippen LogP) is 6.62. The first-order chi connectivity index (χ1) is 20.8. The molecule has 5 aromatic rings. The molecular formula is C35H32FN3O4. The lowest BCUT2D eigenvalue weighted by Crippen LogP contribution is -2.35. The van der Waals surface area contributed by atoms with Gasteiger partial charge in [0.15, 0.2) is 0 Å². The summed E-state index contributed by atoms with van der Waals surface area (Å²) >= 11 is 0. The number of halogens is 1. The molecule has 0 aliphatic carbocycles. The van der Waals surface area contributed by atoms with Crippen LogP contribution in [-0.4, -0.2) is 45.9 Å². The Morgan fingerprint density at radius 3 is 2.19 bits per heavy atom. The summed E-state index contributed by atoms with van der Waals surface area (Å²) in [6, 6.07) is 27.6. The summed E-state index contributed by atoms with van der Waals surface area (Å²) in [4.78, 5) is 43.8. The van der Waals surface area contributed by atoms with Gasteiger partial charge in [-0.05, 0) is 65.9 Å². The van der Waals surface area contributed by atoms with E-state index in [0.717, 1.165) is 22.0 Å². The molecule has 43 heavy (non-hydrogen) atoms. The highest BCUT2D eigenvalue weighted by molar-refractivity contribution is 6.06. The van der Waals surface area contributed by atoms with Gasteiger partial charge in [0.1, 0.15) is 5.82 Å². The summed E-state index contributed by atoms with van der Waals surface area (Å²) in [5.41, 5.74) is 4.69. The summed E-state index contributed by atoms with van der Waals surface area (Å²) in [5.74, 6) is -1.99. The maximum atomic E-state index is 14.0. The number of benzene rings is 4. The van der Waals surface area contributed by atoms with E-state index in [1.54, 1.807) is 65.6 Å².